The maximum absolute atomic E-state index is 13.3. The molecule has 0 bridgehead atoms. The number of fused-ring (bicyclic) bond motifs is 2. The van der Waals surface area contributed by atoms with Crippen LogP contribution in [-0.2, 0) is 22.4 Å². The number of aromatic nitrogens is 2. The van der Waals surface area contributed by atoms with E-state index >= 15 is 0 Å². The van der Waals surface area contributed by atoms with Gasteiger partial charge in [0.05, 0.1) is 48.1 Å². The summed E-state index contributed by atoms with van der Waals surface area (Å²) in [4.78, 5) is 50.7. The summed E-state index contributed by atoms with van der Waals surface area (Å²) in [7, 11) is 4.65. The molecule has 0 aliphatic heterocycles. The zero-order chi connectivity index (χ0) is 40.1. The average Bonchev–Trinajstić information content (AvgIpc) is 3.58. The number of benzene rings is 4. The third-order valence-corrected chi connectivity index (χ3v) is 10.8. The first kappa shape index (κ1) is 41.5. The third-order valence-electron chi connectivity index (χ3n) is 9.13. The van der Waals surface area contributed by atoms with Gasteiger partial charge in [-0.1, -0.05) is 55.1 Å². The monoisotopic (exact) mass is 910 g/mol. The Morgan fingerprint density at radius 3 is 1.38 bits per heavy atom. The van der Waals surface area contributed by atoms with Crippen LogP contribution in [0.1, 0.15) is 50.2 Å². The maximum atomic E-state index is 13.3. The molecule has 0 unspecified atom stereocenters. The molecule has 2 heterocycles. The number of nitrogens with zero attached hydrogens (tertiary/aromatic N) is 2. The fraction of sp³-hybridized carbons (Fsp3) is 0.220. The minimum Gasteiger partial charge on any atom is -0.495 e. The average molecular weight is 913 g/mol. The normalized spacial score (nSPS) is 10.9. The number of nitrogens with one attached hydrogen (secondary N) is 2. The van der Waals surface area contributed by atoms with Gasteiger partial charge in [-0.05, 0) is 105 Å². The van der Waals surface area contributed by atoms with Crippen molar-refractivity contribution >= 4 is 100 Å². The van der Waals surface area contributed by atoms with E-state index in [1.807, 2.05) is 45.0 Å². The highest BCUT2D eigenvalue weighted by atomic mass is 79.9. The molecule has 2 N–H and O–H groups in total. The molecular formula is C41H38Br2Cl2N4O6. The summed E-state index contributed by atoms with van der Waals surface area (Å²) in [5.41, 5.74) is 5.33. The Hall–Kier alpha value is -4.62. The molecule has 6 aromatic rings. The first-order valence-corrected chi connectivity index (χ1v) is 19.4. The number of hydrogen-bond acceptors (Lipinski definition) is 6. The van der Waals surface area contributed by atoms with Gasteiger partial charge < -0.3 is 20.1 Å². The van der Waals surface area contributed by atoms with Crippen molar-refractivity contribution in [2.45, 2.75) is 33.6 Å². The molecule has 0 spiro atoms. The van der Waals surface area contributed by atoms with Crippen molar-refractivity contribution in [3.05, 3.63) is 125 Å². The molecule has 2 amide bonds. The lowest BCUT2D eigenvalue weighted by atomic mass is 10.1. The number of ether oxygens (including phenoxy) is 2. The lowest BCUT2D eigenvalue weighted by molar-refractivity contribution is -0.121. The molecule has 0 saturated heterocycles. The second kappa shape index (κ2) is 17.9. The summed E-state index contributed by atoms with van der Waals surface area (Å²) >= 11 is 19.4. The number of hydrogen-bond donors (Lipinski definition) is 2. The molecule has 0 atom stereocenters. The lowest BCUT2D eigenvalue weighted by Gasteiger charge is -2.09. The Morgan fingerprint density at radius 1 is 0.655 bits per heavy atom. The molecule has 0 aliphatic carbocycles. The third kappa shape index (κ3) is 8.78. The molecule has 55 heavy (non-hydrogen) atoms. The summed E-state index contributed by atoms with van der Waals surface area (Å²) in [6, 6.07) is 21.2. The highest BCUT2D eigenvalue weighted by molar-refractivity contribution is 9.10. The van der Waals surface area contributed by atoms with Crippen LogP contribution in [0.5, 0.6) is 11.5 Å². The molecule has 0 radical (unpaired) electrons. The molecule has 2 aromatic heterocycles. The Morgan fingerprint density at radius 2 is 1.04 bits per heavy atom. The van der Waals surface area contributed by atoms with Crippen molar-refractivity contribution in [1.82, 2.24) is 19.8 Å². The summed E-state index contributed by atoms with van der Waals surface area (Å²) in [5, 5.41) is 7.78. The largest absolute Gasteiger partial charge is 0.495 e. The van der Waals surface area contributed by atoms with Crippen LogP contribution in [0.3, 0.4) is 0 Å². The molecule has 286 valence electrons. The number of halogens is 4. The van der Waals surface area contributed by atoms with Crippen LogP contribution >= 0.6 is 55.1 Å². The van der Waals surface area contributed by atoms with Gasteiger partial charge in [-0.15, -0.1) is 0 Å². The van der Waals surface area contributed by atoms with Gasteiger partial charge in [-0.2, -0.15) is 0 Å². The van der Waals surface area contributed by atoms with Gasteiger partial charge in [0.2, 0.25) is 11.8 Å². The Kier molecular flexibility index (Phi) is 13.5. The summed E-state index contributed by atoms with van der Waals surface area (Å²) in [6.07, 6.45) is 0.325. The van der Waals surface area contributed by atoms with E-state index < -0.39 is 0 Å². The molecular weight excluding hydrogens is 875 g/mol. The topological polar surface area (TPSA) is 121 Å². The Balaban J connectivity index is 0.000000211. The fourth-order valence-corrected chi connectivity index (χ4v) is 7.35. The number of methoxy groups -OCH3 is 2. The molecule has 6 rings (SSSR count). The van der Waals surface area contributed by atoms with Gasteiger partial charge in [0.1, 0.15) is 11.5 Å². The standard InChI is InChI=1S/C21H20BrClN2O3.C20H18BrClN2O3/c1-4-24-20(26)10-15-12(2)25(21(27)13-5-7-14(22)8-6-13)18-11-17(23)19(28-3)9-16(15)18;1-11-14(9-19(25)23-2)15-8-18(27-3)16(22)10-17(15)24(11)20(26)12-4-6-13(21)7-5-12/h5-9,11H,4,10H2,1-3H3,(H,24,26);4-8,10H,9H2,1-3H3,(H,23,25). The number of carbonyl (C=O) groups excluding carboxylic acids is 4. The Labute approximate surface area is 345 Å². The smallest absolute Gasteiger partial charge is 0.262 e. The van der Waals surface area contributed by atoms with Crippen LogP contribution in [0.4, 0.5) is 0 Å². The maximum Gasteiger partial charge on any atom is 0.262 e. The van der Waals surface area contributed by atoms with E-state index in [0.29, 0.717) is 61.6 Å². The van der Waals surface area contributed by atoms with Crippen molar-refractivity contribution in [2.75, 3.05) is 27.8 Å². The SMILES string of the molecule is CCNC(=O)Cc1c(C)n(C(=O)c2ccc(Br)cc2)c2cc(Cl)c(OC)cc12.CNC(=O)Cc1c(C)n(C(=O)c2ccc(Br)cc2)c2cc(Cl)c(OC)cc12. The first-order chi connectivity index (χ1) is 26.2. The predicted molar refractivity (Wildman–Crippen MR) is 224 cm³/mol. The Bertz CT molecular complexity index is 2440. The lowest BCUT2D eigenvalue weighted by Crippen LogP contribution is -2.24. The first-order valence-electron chi connectivity index (χ1n) is 17.1. The van der Waals surface area contributed by atoms with Crippen LogP contribution < -0.4 is 20.1 Å². The van der Waals surface area contributed by atoms with Crippen molar-refractivity contribution < 1.29 is 28.7 Å². The van der Waals surface area contributed by atoms with E-state index in [1.54, 1.807) is 64.7 Å². The summed E-state index contributed by atoms with van der Waals surface area (Å²) in [5.74, 6) is 0.389. The van der Waals surface area contributed by atoms with Crippen molar-refractivity contribution in [2.24, 2.45) is 0 Å². The van der Waals surface area contributed by atoms with Gasteiger partial charge in [0, 0.05) is 55.8 Å². The van der Waals surface area contributed by atoms with E-state index in [1.165, 1.54) is 14.2 Å². The zero-order valence-electron chi connectivity index (χ0n) is 30.9. The van der Waals surface area contributed by atoms with Gasteiger partial charge in [-0.3, -0.25) is 28.3 Å². The second-order valence-electron chi connectivity index (χ2n) is 12.4. The van der Waals surface area contributed by atoms with Crippen LogP contribution in [0.25, 0.3) is 21.8 Å². The van der Waals surface area contributed by atoms with Gasteiger partial charge in [0.15, 0.2) is 0 Å². The molecule has 4 aromatic carbocycles. The van der Waals surface area contributed by atoms with E-state index in [4.69, 9.17) is 32.7 Å². The van der Waals surface area contributed by atoms with Crippen LogP contribution in [0, 0.1) is 13.8 Å². The van der Waals surface area contributed by atoms with E-state index in [0.717, 1.165) is 30.8 Å². The van der Waals surface area contributed by atoms with Crippen LogP contribution in [-0.4, -0.2) is 60.6 Å². The van der Waals surface area contributed by atoms with Crippen LogP contribution in [0.2, 0.25) is 10.0 Å². The van der Waals surface area contributed by atoms with E-state index in [9.17, 15) is 19.2 Å². The minimum atomic E-state index is -0.186. The van der Waals surface area contributed by atoms with E-state index in [2.05, 4.69) is 42.5 Å². The zero-order valence-corrected chi connectivity index (χ0v) is 35.6. The quantitative estimate of drug-likeness (QED) is 0.149. The predicted octanol–water partition coefficient (Wildman–Crippen LogP) is 9.09. The summed E-state index contributed by atoms with van der Waals surface area (Å²) < 4.78 is 15.6. The molecule has 10 nitrogen and oxygen atoms in total. The number of likely N-dealkylation sites (N-methyl/N-ethyl adjacent to an activating group) is 2. The molecule has 0 aliphatic rings. The van der Waals surface area contributed by atoms with Gasteiger partial charge >= 0.3 is 0 Å². The van der Waals surface area contributed by atoms with Crippen LogP contribution in [0.15, 0.2) is 81.7 Å². The van der Waals surface area contributed by atoms with Gasteiger partial charge in [0.25, 0.3) is 11.8 Å². The molecule has 0 fully saturated rings. The minimum absolute atomic E-state index is 0.102. The van der Waals surface area contributed by atoms with Crippen molar-refractivity contribution in [1.29, 1.82) is 0 Å². The second-order valence-corrected chi connectivity index (χ2v) is 15.1. The number of amides is 2. The number of carbonyl (C=O) groups is 4. The van der Waals surface area contributed by atoms with Crippen molar-refractivity contribution in [3.63, 3.8) is 0 Å². The highest BCUT2D eigenvalue weighted by Crippen LogP contribution is 2.37. The molecule has 14 heteroatoms. The number of rotatable bonds is 9. The van der Waals surface area contributed by atoms with E-state index in [-0.39, 0.29) is 36.5 Å². The summed E-state index contributed by atoms with van der Waals surface area (Å²) in [6.45, 7) is 6.08. The molecule has 0 saturated carbocycles. The van der Waals surface area contributed by atoms with Gasteiger partial charge in [-0.25, -0.2) is 0 Å². The van der Waals surface area contributed by atoms with Crippen molar-refractivity contribution in [3.8, 4) is 11.5 Å². The highest BCUT2D eigenvalue weighted by Gasteiger charge is 2.24. The fourth-order valence-electron chi connectivity index (χ4n) is 6.36.